The van der Waals surface area contributed by atoms with Crippen molar-refractivity contribution >= 4 is 5.78 Å². The van der Waals surface area contributed by atoms with Crippen LogP contribution in [0.25, 0.3) is 0 Å². The summed E-state index contributed by atoms with van der Waals surface area (Å²) in [6, 6.07) is 0.579. The summed E-state index contributed by atoms with van der Waals surface area (Å²) < 4.78 is 0. The van der Waals surface area contributed by atoms with Crippen LogP contribution in [0.4, 0.5) is 0 Å². The second-order valence-electron chi connectivity index (χ2n) is 3.61. The molecule has 0 heterocycles. The molecule has 0 aromatic heterocycles. The summed E-state index contributed by atoms with van der Waals surface area (Å²) in [5.74, 6) is 2.72. The fourth-order valence-electron chi connectivity index (χ4n) is 1.69. The Morgan fingerprint density at radius 2 is 2.15 bits per heavy atom. The highest BCUT2D eigenvalue weighted by Gasteiger charge is 2.14. The predicted octanol–water partition coefficient (Wildman–Crippen LogP) is 1.50. The van der Waals surface area contributed by atoms with Gasteiger partial charge in [0.1, 0.15) is 5.78 Å². The minimum Gasteiger partial charge on any atom is -0.307 e. The van der Waals surface area contributed by atoms with Gasteiger partial charge in [0.05, 0.1) is 6.54 Å². The van der Waals surface area contributed by atoms with Gasteiger partial charge in [-0.2, -0.15) is 0 Å². The standard InChI is InChI=1S/C11H17NO/c1-2-3-8-11(13)9-12-10-6-4-5-7-10/h1,10,12H,3-9H2. The molecule has 0 amide bonds. The second kappa shape index (κ2) is 5.77. The van der Waals surface area contributed by atoms with Gasteiger partial charge in [0.15, 0.2) is 0 Å². The summed E-state index contributed by atoms with van der Waals surface area (Å²) in [5.41, 5.74) is 0. The molecule has 13 heavy (non-hydrogen) atoms. The van der Waals surface area contributed by atoms with Gasteiger partial charge in [0.2, 0.25) is 0 Å². The van der Waals surface area contributed by atoms with Crippen molar-refractivity contribution in [2.75, 3.05) is 6.54 Å². The van der Waals surface area contributed by atoms with E-state index >= 15 is 0 Å². The first-order valence-electron chi connectivity index (χ1n) is 5.01. The zero-order chi connectivity index (χ0) is 9.52. The molecule has 1 fully saturated rings. The van der Waals surface area contributed by atoms with Crippen LogP contribution in [0.2, 0.25) is 0 Å². The Morgan fingerprint density at radius 1 is 1.46 bits per heavy atom. The van der Waals surface area contributed by atoms with E-state index in [0.29, 0.717) is 25.4 Å². The van der Waals surface area contributed by atoms with E-state index in [9.17, 15) is 4.79 Å². The number of hydrogen-bond donors (Lipinski definition) is 1. The van der Waals surface area contributed by atoms with E-state index in [-0.39, 0.29) is 5.78 Å². The molecule has 0 spiro atoms. The third-order valence-electron chi connectivity index (χ3n) is 2.49. The lowest BCUT2D eigenvalue weighted by Crippen LogP contribution is -2.31. The third-order valence-corrected chi connectivity index (χ3v) is 2.49. The van der Waals surface area contributed by atoms with Crippen molar-refractivity contribution in [1.82, 2.24) is 5.32 Å². The van der Waals surface area contributed by atoms with Gasteiger partial charge in [0, 0.05) is 18.9 Å². The number of terminal acetylenes is 1. The van der Waals surface area contributed by atoms with Gasteiger partial charge in [-0.3, -0.25) is 4.79 Å². The maximum atomic E-state index is 11.2. The van der Waals surface area contributed by atoms with Crippen LogP contribution in [0.1, 0.15) is 38.5 Å². The van der Waals surface area contributed by atoms with Gasteiger partial charge in [-0.1, -0.05) is 12.8 Å². The Kier molecular flexibility index (Phi) is 4.56. The van der Waals surface area contributed by atoms with Crippen molar-refractivity contribution in [2.45, 2.75) is 44.6 Å². The molecule has 1 N–H and O–H groups in total. The lowest BCUT2D eigenvalue weighted by atomic mass is 10.2. The highest BCUT2D eigenvalue weighted by molar-refractivity contribution is 5.80. The molecule has 1 rings (SSSR count). The molecule has 2 heteroatoms. The fourth-order valence-corrected chi connectivity index (χ4v) is 1.69. The topological polar surface area (TPSA) is 29.1 Å². The molecule has 1 aliphatic carbocycles. The first-order valence-corrected chi connectivity index (χ1v) is 5.01. The van der Waals surface area contributed by atoms with Crippen LogP contribution < -0.4 is 5.32 Å². The molecular formula is C11H17NO. The van der Waals surface area contributed by atoms with Crippen LogP contribution in [-0.2, 0) is 4.79 Å². The van der Waals surface area contributed by atoms with E-state index in [0.717, 1.165) is 0 Å². The van der Waals surface area contributed by atoms with E-state index in [1.54, 1.807) is 0 Å². The number of nitrogens with one attached hydrogen (secondary N) is 1. The van der Waals surface area contributed by atoms with Gasteiger partial charge >= 0.3 is 0 Å². The number of carbonyl (C=O) groups excluding carboxylic acids is 1. The third kappa shape index (κ3) is 4.10. The minimum absolute atomic E-state index is 0.241. The first kappa shape index (κ1) is 10.3. The highest BCUT2D eigenvalue weighted by Crippen LogP contribution is 2.17. The number of Topliss-reactive ketones (excluding diaryl/α,β-unsaturated/α-hetero) is 1. The van der Waals surface area contributed by atoms with Crippen molar-refractivity contribution in [3.8, 4) is 12.3 Å². The van der Waals surface area contributed by atoms with Gasteiger partial charge in [-0.05, 0) is 12.8 Å². The average molecular weight is 179 g/mol. The summed E-state index contributed by atoms with van der Waals surface area (Å²) in [5, 5.41) is 3.27. The van der Waals surface area contributed by atoms with Gasteiger partial charge in [-0.15, -0.1) is 12.3 Å². The fraction of sp³-hybridized carbons (Fsp3) is 0.727. The zero-order valence-electron chi connectivity index (χ0n) is 8.01. The van der Waals surface area contributed by atoms with E-state index in [1.807, 2.05) is 0 Å². The maximum absolute atomic E-state index is 11.2. The molecule has 0 aliphatic heterocycles. The Hall–Kier alpha value is -0.810. The van der Waals surface area contributed by atoms with E-state index in [2.05, 4.69) is 11.2 Å². The summed E-state index contributed by atoms with van der Waals surface area (Å²) in [4.78, 5) is 11.2. The van der Waals surface area contributed by atoms with Crippen LogP contribution in [0.3, 0.4) is 0 Å². The number of hydrogen-bond acceptors (Lipinski definition) is 2. The molecule has 0 aromatic rings. The average Bonchev–Trinajstić information content (AvgIpc) is 2.64. The normalized spacial score (nSPS) is 17.2. The lowest BCUT2D eigenvalue weighted by Gasteiger charge is -2.09. The van der Waals surface area contributed by atoms with Crippen molar-refractivity contribution in [1.29, 1.82) is 0 Å². The van der Waals surface area contributed by atoms with Crippen molar-refractivity contribution in [3.05, 3.63) is 0 Å². The highest BCUT2D eigenvalue weighted by atomic mass is 16.1. The van der Waals surface area contributed by atoms with Gasteiger partial charge < -0.3 is 5.32 Å². The summed E-state index contributed by atoms with van der Waals surface area (Å²) in [6.07, 6.45) is 11.2. The molecule has 0 radical (unpaired) electrons. The number of rotatable bonds is 5. The van der Waals surface area contributed by atoms with Crippen LogP contribution in [-0.4, -0.2) is 18.4 Å². The minimum atomic E-state index is 0.241. The zero-order valence-corrected chi connectivity index (χ0v) is 8.01. The van der Waals surface area contributed by atoms with Crippen molar-refractivity contribution in [3.63, 3.8) is 0 Å². The summed E-state index contributed by atoms with van der Waals surface area (Å²) in [7, 11) is 0. The van der Waals surface area contributed by atoms with Crippen LogP contribution in [0.5, 0.6) is 0 Å². The van der Waals surface area contributed by atoms with Crippen LogP contribution in [0, 0.1) is 12.3 Å². The Balaban J connectivity index is 2.04. The molecule has 0 bridgehead atoms. The summed E-state index contributed by atoms with van der Waals surface area (Å²) in [6.45, 7) is 0.506. The Labute approximate surface area is 80.1 Å². The second-order valence-corrected chi connectivity index (χ2v) is 3.61. The molecule has 1 saturated carbocycles. The largest absolute Gasteiger partial charge is 0.307 e. The molecule has 0 atom stereocenters. The Bertz CT molecular complexity index is 199. The molecule has 0 saturated heterocycles. The number of ketones is 1. The summed E-state index contributed by atoms with van der Waals surface area (Å²) >= 11 is 0. The Morgan fingerprint density at radius 3 is 2.77 bits per heavy atom. The molecule has 0 aromatic carbocycles. The molecule has 72 valence electrons. The van der Waals surface area contributed by atoms with Crippen molar-refractivity contribution < 1.29 is 4.79 Å². The maximum Gasteiger partial charge on any atom is 0.147 e. The quantitative estimate of drug-likeness (QED) is 0.648. The SMILES string of the molecule is C#CCCC(=O)CNC1CCCC1. The molecule has 0 unspecified atom stereocenters. The van der Waals surface area contributed by atoms with E-state index < -0.39 is 0 Å². The predicted molar refractivity (Wildman–Crippen MR) is 53.3 cm³/mol. The number of carbonyl (C=O) groups is 1. The van der Waals surface area contributed by atoms with Crippen LogP contribution >= 0.6 is 0 Å². The molecular weight excluding hydrogens is 162 g/mol. The monoisotopic (exact) mass is 179 g/mol. The molecule has 1 aliphatic rings. The van der Waals surface area contributed by atoms with Crippen LogP contribution in [0.15, 0.2) is 0 Å². The smallest absolute Gasteiger partial charge is 0.147 e. The van der Waals surface area contributed by atoms with Gasteiger partial charge in [-0.25, -0.2) is 0 Å². The molecule has 2 nitrogen and oxygen atoms in total. The van der Waals surface area contributed by atoms with E-state index in [4.69, 9.17) is 6.42 Å². The van der Waals surface area contributed by atoms with Crippen molar-refractivity contribution in [2.24, 2.45) is 0 Å². The lowest BCUT2D eigenvalue weighted by molar-refractivity contribution is -0.118. The first-order chi connectivity index (χ1) is 6.33. The van der Waals surface area contributed by atoms with Gasteiger partial charge in [0.25, 0.3) is 0 Å². The van der Waals surface area contributed by atoms with E-state index in [1.165, 1.54) is 25.7 Å².